The summed E-state index contributed by atoms with van der Waals surface area (Å²) in [6.45, 7) is 4.62. The lowest BCUT2D eigenvalue weighted by Gasteiger charge is -2.46. The van der Waals surface area contributed by atoms with E-state index in [1.165, 1.54) is 24.6 Å². The lowest BCUT2D eigenvalue weighted by Crippen LogP contribution is -2.61. The zero-order chi connectivity index (χ0) is 13.2. The number of nitrogens with zero attached hydrogens (tertiary/aromatic N) is 5. The fraction of sp³-hybridized carbons (Fsp3) is 0.692. The molecular formula is C13H21N5S. The maximum atomic E-state index is 4.59. The van der Waals surface area contributed by atoms with Crippen LogP contribution in [0.25, 0.3) is 0 Å². The highest BCUT2D eigenvalue weighted by Crippen LogP contribution is 2.23. The van der Waals surface area contributed by atoms with Crippen LogP contribution in [0, 0.1) is 0 Å². The molecule has 2 aliphatic rings. The second-order valence-electron chi connectivity index (χ2n) is 5.32. The van der Waals surface area contributed by atoms with Gasteiger partial charge in [0.2, 0.25) is 5.95 Å². The topological polar surface area (TPSA) is 35.5 Å². The molecule has 0 unspecified atom stereocenters. The molecule has 104 valence electrons. The molecule has 0 N–H and O–H groups in total. The minimum atomic E-state index is 0.701. The first kappa shape index (κ1) is 13.0. The van der Waals surface area contributed by atoms with E-state index >= 15 is 0 Å². The highest BCUT2D eigenvalue weighted by atomic mass is 32.2. The fourth-order valence-electron chi connectivity index (χ4n) is 2.53. The van der Waals surface area contributed by atoms with E-state index < -0.39 is 0 Å². The maximum Gasteiger partial charge on any atom is 0.227 e. The number of hydrogen-bond acceptors (Lipinski definition) is 6. The Balaban J connectivity index is 1.59. The molecule has 3 rings (SSSR count). The molecule has 0 bridgehead atoms. The Morgan fingerprint density at radius 1 is 1.26 bits per heavy atom. The average Bonchev–Trinajstić information content (AvgIpc) is 2.39. The van der Waals surface area contributed by atoms with Gasteiger partial charge in [-0.2, -0.15) is 16.7 Å². The highest BCUT2D eigenvalue weighted by molar-refractivity contribution is 7.99. The van der Waals surface area contributed by atoms with Crippen LogP contribution < -0.4 is 9.80 Å². The molecule has 19 heavy (non-hydrogen) atoms. The van der Waals surface area contributed by atoms with Gasteiger partial charge in [-0.25, -0.2) is 4.98 Å². The van der Waals surface area contributed by atoms with E-state index in [0.717, 1.165) is 24.9 Å². The van der Waals surface area contributed by atoms with Crippen molar-refractivity contribution >= 4 is 23.5 Å². The second kappa shape index (κ2) is 5.54. The Bertz CT molecular complexity index is 427. The predicted octanol–water partition coefficient (Wildman–Crippen LogP) is 0.780. The molecule has 1 aromatic rings. The van der Waals surface area contributed by atoms with Crippen molar-refractivity contribution in [2.75, 3.05) is 61.6 Å². The van der Waals surface area contributed by atoms with E-state index in [-0.39, 0.29) is 0 Å². The molecule has 1 aromatic heterocycles. The van der Waals surface area contributed by atoms with Gasteiger partial charge in [-0.15, -0.1) is 0 Å². The summed E-state index contributed by atoms with van der Waals surface area (Å²) < 4.78 is 0. The quantitative estimate of drug-likeness (QED) is 0.814. The Morgan fingerprint density at radius 2 is 2.00 bits per heavy atom. The summed E-state index contributed by atoms with van der Waals surface area (Å²) >= 11 is 2.07. The summed E-state index contributed by atoms with van der Waals surface area (Å²) in [5, 5.41) is 0. The Kier molecular flexibility index (Phi) is 3.79. The van der Waals surface area contributed by atoms with Gasteiger partial charge in [-0.05, 0) is 6.07 Å². The molecule has 0 amide bonds. The molecular weight excluding hydrogens is 258 g/mol. The molecule has 0 aromatic carbocycles. The zero-order valence-electron chi connectivity index (χ0n) is 11.6. The number of hydrogen-bond donors (Lipinski definition) is 0. The van der Waals surface area contributed by atoms with Crippen molar-refractivity contribution in [2.45, 2.75) is 6.04 Å². The van der Waals surface area contributed by atoms with Gasteiger partial charge >= 0.3 is 0 Å². The van der Waals surface area contributed by atoms with Crippen LogP contribution in [0.15, 0.2) is 12.3 Å². The summed E-state index contributed by atoms with van der Waals surface area (Å²) in [7, 11) is 4.02. The Labute approximate surface area is 119 Å². The van der Waals surface area contributed by atoms with E-state index in [0.29, 0.717) is 6.04 Å². The van der Waals surface area contributed by atoms with Crippen molar-refractivity contribution in [3.63, 3.8) is 0 Å². The molecule has 6 heteroatoms. The monoisotopic (exact) mass is 279 g/mol. The van der Waals surface area contributed by atoms with Gasteiger partial charge in [0.05, 0.1) is 0 Å². The summed E-state index contributed by atoms with van der Waals surface area (Å²) in [6, 6.07) is 2.65. The third-order valence-electron chi connectivity index (χ3n) is 3.79. The molecule has 3 heterocycles. The Morgan fingerprint density at radius 3 is 2.68 bits per heavy atom. The second-order valence-corrected chi connectivity index (χ2v) is 6.54. The van der Waals surface area contributed by atoms with Crippen molar-refractivity contribution in [2.24, 2.45) is 0 Å². The van der Waals surface area contributed by atoms with Crippen LogP contribution in [-0.4, -0.2) is 72.7 Å². The van der Waals surface area contributed by atoms with Crippen LogP contribution in [0.5, 0.6) is 0 Å². The minimum absolute atomic E-state index is 0.701. The average molecular weight is 279 g/mol. The largest absolute Gasteiger partial charge is 0.363 e. The van der Waals surface area contributed by atoms with Gasteiger partial charge in [0.15, 0.2) is 0 Å². The van der Waals surface area contributed by atoms with Gasteiger partial charge in [-0.3, -0.25) is 4.90 Å². The van der Waals surface area contributed by atoms with Crippen LogP contribution in [-0.2, 0) is 0 Å². The maximum absolute atomic E-state index is 4.59. The van der Waals surface area contributed by atoms with Crippen LogP contribution in [0.2, 0.25) is 0 Å². The van der Waals surface area contributed by atoms with Crippen LogP contribution >= 0.6 is 11.8 Å². The van der Waals surface area contributed by atoms with E-state index in [1.54, 1.807) is 0 Å². The first-order chi connectivity index (χ1) is 9.24. The van der Waals surface area contributed by atoms with Crippen molar-refractivity contribution in [3.05, 3.63) is 12.3 Å². The molecule has 0 spiro atoms. The van der Waals surface area contributed by atoms with Crippen molar-refractivity contribution in [1.29, 1.82) is 0 Å². The molecule has 2 saturated heterocycles. The fourth-order valence-corrected chi connectivity index (χ4v) is 3.46. The summed E-state index contributed by atoms with van der Waals surface area (Å²) in [4.78, 5) is 15.9. The predicted molar refractivity (Wildman–Crippen MR) is 81.3 cm³/mol. The molecule has 0 radical (unpaired) electrons. The summed E-state index contributed by atoms with van der Waals surface area (Å²) in [6.07, 6.45) is 1.85. The van der Waals surface area contributed by atoms with E-state index in [1.807, 2.05) is 31.3 Å². The van der Waals surface area contributed by atoms with Gasteiger partial charge < -0.3 is 9.80 Å². The van der Waals surface area contributed by atoms with Gasteiger partial charge in [0, 0.05) is 64.0 Å². The number of aromatic nitrogens is 2. The van der Waals surface area contributed by atoms with E-state index in [9.17, 15) is 0 Å². The van der Waals surface area contributed by atoms with Gasteiger partial charge in [0.1, 0.15) is 5.82 Å². The van der Waals surface area contributed by atoms with Crippen molar-refractivity contribution in [3.8, 4) is 0 Å². The number of anilines is 2. The van der Waals surface area contributed by atoms with Crippen molar-refractivity contribution < 1.29 is 0 Å². The van der Waals surface area contributed by atoms with Gasteiger partial charge in [0.25, 0.3) is 0 Å². The van der Waals surface area contributed by atoms with E-state index in [4.69, 9.17) is 0 Å². The van der Waals surface area contributed by atoms with E-state index in [2.05, 4.69) is 31.5 Å². The third kappa shape index (κ3) is 2.79. The molecule has 0 saturated carbocycles. The smallest absolute Gasteiger partial charge is 0.227 e. The lowest BCUT2D eigenvalue weighted by atomic mass is 10.1. The summed E-state index contributed by atoms with van der Waals surface area (Å²) in [5.41, 5.74) is 0. The summed E-state index contributed by atoms with van der Waals surface area (Å²) in [5.74, 6) is 4.41. The molecule has 2 aliphatic heterocycles. The first-order valence-electron chi connectivity index (χ1n) is 6.81. The standard InChI is InChI=1S/C13H21N5S/c1-16(2)12-3-4-14-13(15-12)18-9-11(10-18)17-5-7-19-8-6-17/h3-4,11H,5-10H2,1-2H3. The van der Waals surface area contributed by atoms with Crippen LogP contribution in [0.1, 0.15) is 0 Å². The minimum Gasteiger partial charge on any atom is -0.363 e. The zero-order valence-corrected chi connectivity index (χ0v) is 12.4. The SMILES string of the molecule is CN(C)c1ccnc(N2CC(N3CCSCC3)C2)n1. The highest BCUT2D eigenvalue weighted by Gasteiger charge is 2.33. The lowest BCUT2D eigenvalue weighted by molar-refractivity contribution is 0.181. The normalized spacial score (nSPS) is 21.3. The third-order valence-corrected chi connectivity index (χ3v) is 4.74. The molecule has 2 fully saturated rings. The molecule has 5 nitrogen and oxygen atoms in total. The molecule has 0 atom stereocenters. The van der Waals surface area contributed by atoms with Crippen LogP contribution in [0.3, 0.4) is 0 Å². The van der Waals surface area contributed by atoms with Gasteiger partial charge in [-0.1, -0.05) is 0 Å². The molecule has 0 aliphatic carbocycles. The van der Waals surface area contributed by atoms with Crippen LogP contribution in [0.4, 0.5) is 11.8 Å². The first-order valence-corrected chi connectivity index (χ1v) is 7.96. The Hall–Kier alpha value is -1.01. The van der Waals surface area contributed by atoms with Crippen molar-refractivity contribution in [1.82, 2.24) is 14.9 Å². The number of rotatable bonds is 3. The number of thioether (sulfide) groups is 1.